The predicted molar refractivity (Wildman–Crippen MR) is 122 cm³/mol. The van der Waals surface area contributed by atoms with Crippen LogP contribution in [-0.4, -0.2) is 37.0 Å². The number of halogens is 2. The van der Waals surface area contributed by atoms with Crippen molar-refractivity contribution in [2.45, 2.75) is 24.8 Å². The third-order valence-corrected chi connectivity index (χ3v) is 6.73. The molecule has 1 aromatic heterocycles. The van der Waals surface area contributed by atoms with E-state index in [9.17, 15) is 13.2 Å². The number of carbonyl (C=O) groups is 1. The van der Waals surface area contributed by atoms with Crippen LogP contribution in [0.5, 0.6) is 0 Å². The van der Waals surface area contributed by atoms with Crippen LogP contribution in [0.2, 0.25) is 10.0 Å². The van der Waals surface area contributed by atoms with Crippen molar-refractivity contribution in [1.29, 1.82) is 0 Å². The van der Waals surface area contributed by atoms with E-state index in [4.69, 9.17) is 23.2 Å². The van der Waals surface area contributed by atoms with E-state index in [1.807, 2.05) is 17.7 Å². The van der Waals surface area contributed by atoms with Crippen molar-refractivity contribution in [3.8, 4) is 0 Å². The second-order valence-corrected chi connectivity index (χ2v) is 9.69. The average Bonchev–Trinajstić information content (AvgIpc) is 3.22. The Hall–Kier alpha value is -2.55. The van der Waals surface area contributed by atoms with Crippen molar-refractivity contribution in [2.24, 2.45) is 0 Å². The van der Waals surface area contributed by atoms with Crippen LogP contribution < -0.4 is 9.62 Å². The minimum atomic E-state index is -4.02. The number of aromatic nitrogens is 2. The lowest BCUT2D eigenvalue weighted by molar-refractivity contribution is -0.119. The Bertz CT molecular complexity index is 1110. The molecule has 7 nitrogen and oxygen atoms in total. The lowest BCUT2D eigenvalue weighted by Gasteiger charge is -2.24. The fourth-order valence-electron chi connectivity index (χ4n) is 2.93. The highest BCUT2D eigenvalue weighted by molar-refractivity contribution is 7.92. The molecule has 0 fully saturated rings. The molecule has 1 N–H and O–H groups in total. The molecule has 0 atom stereocenters. The summed E-state index contributed by atoms with van der Waals surface area (Å²) in [6, 6.07) is 10.8. The molecular weight excluding hydrogens is 459 g/mol. The first-order valence-electron chi connectivity index (χ1n) is 9.53. The number of anilines is 1. The molecule has 1 amide bonds. The third-order valence-electron chi connectivity index (χ3n) is 4.51. The van der Waals surface area contributed by atoms with Gasteiger partial charge in [-0.1, -0.05) is 40.9 Å². The molecule has 31 heavy (non-hydrogen) atoms. The first kappa shape index (κ1) is 23.1. The maximum absolute atomic E-state index is 13.3. The summed E-state index contributed by atoms with van der Waals surface area (Å²) in [5.74, 6) is -0.433. The first-order valence-corrected chi connectivity index (χ1v) is 11.7. The van der Waals surface area contributed by atoms with Crippen molar-refractivity contribution >= 4 is 44.8 Å². The van der Waals surface area contributed by atoms with E-state index in [0.29, 0.717) is 19.5 Å². The van der Waals surface area contributed by atoms with E-state index in [2.05, 4.69) is 10.3 Å². The fourth-order valence-corrected chi connectivity index (χ4v) is 4.85. The first-order chi connectivity index (χ1) is 14.8. The van der Waals surface area contributed by atoms with Crippen LogP contribution in [0.25, 0.3) is 0 Å². The maximum atomic E-state index is 13.3. The van der Waals surface area contributed by atoms with Gasteiger partial charge in [0, 0.05) is 35.5 Å². The molecule has 10 heteroatoms. The molecule has 3 rings (SSSR count). The Morgan fingerprint density at radius 1 is 1.13 bits per heavy atom. The number of hydrogen-bond acceptors (Lipinski definition) is 4. The summed E-state index contributed by atoms with van der Waals surface area (Å²) >= 11 is 12.2. The lowest BCUT2D eigenvalue weighted by Crippen LogP contribution is -2.41. The summed E-state index contributed by atoms with van der Waals surface area (Å²) in [7, 11) is -4.02. The molecule has 3 aromatic rings. The molecule has 0 bridgehead atoms. The van der Waals surface area contributed by atoms with Gasteiger partial charge < -0.3 is 9.88 Å². The van der Waals surface area contributed by atoms with Crippen LogP contribution in [0, 0.1) is 6.92 Å². The smallest absolute Gasteiger partial charge is 0.264 e. The number of rotatable bonds is 9. The zero-order valence-corrected chi connectivity index (χ0v) is 19.2. The number of hydrogen-bond donors (Lipinski definition) is 1. The molecule has 0 saturated heterocycles. The Balaban J connectivity index is 1.78. The summed E-state index contributed by atoms with van der Waals surface area (Å²) in [6.45, 7) is 2.54. The number of imidazole rings is 1. The number of nitrogens with zero attached hydrogens (tertiary/aromatic N) is 3. The summed E-state index contributed by atoms with van der Waals surface area (Å²) in [5.41, 5.74) is 1.14. The van der Waals surface area contributed by atoms with Crippen LogP contribution in [-0.2, 0) is 21.4 Å². The highest BCUT2D eigenvalue weighted by Crippen LogP contribution is 2.29. The number of nitrogens with one attached hydrogen (secondary N) is 1. The maximum Gasteiger partial charge on any atom is 0.264 e. The normalized spacial score (nSPS) is 11.3. The van der Waals surface area contributed by atoms with Gasteiger partial charge in [-0.15, -0.1) is 0 Å². The number of aryl methyl sites for hydroxylation is 2. The Kier molecular flexibility index (Phi) is 7.59. The Labute approximate surface area is 191 Å². The van der Waals surface area contributed by atoms with Gasteiger partial charge in [0.2, 0.25) is 5.91 Å². The van der Waals surface area contributed by atoms with Crippen molar-refractivity contribution in [3.63, 3.8) is 0 Å². The van der Waals surface area contributed by atoms with Gasteiger partial charge in [-0.3, -0.25) is 9.10 Å². The van der Waals surface area contributed by atoms with Gasteiger partial charge in [0.05, 0.1) is 16.9 Å². The van der Waals surface area contributed by atoms with Crippen LogP contribution in [0.1, 0.15) is 12.0 Å². The largest absolute Gasteiger partial charge is 0.354 e. The van der Waals surface area contributed by atoms with Crippen molar-refractivity contribution in [2.75, 3.05) is 17.4 Å². The monoisotopic (exact) mass is 480 g/mol. The summed E-state index contributed by atoms with van der Waals surface area (Å²) < 4.78 is 29.6. The van der Waals surface area contributed by atoms with Gasteiger partial charge >= 0.3 is 0 Å². The van der Waals surface area contributed by atoms with Crippen molar-refractivity contribution in [3.05, 3.63) is 76.8 Å². The zero-order valence-electron chi connectivity index (χ0n) is 16.8. The lowest BCUT2D eigenvalue weighted by atomic mass is 10.2. The Morgan fingerprint density at radius 3 is 2.42 bits per heavy atom. The van der Waals surface area contributed by atoms with E-state index in [-0.39, 0.29) is 20.6 Å². The van der Waals surface area contributed by atoms with Crippen LogP contribution >= 0.6 is 23.2 Å². The van der Waals surface area contributed by atoms with Crippen molar-refractivity contribution < 1.29 is 13.2 Å². The van der Waals surface area contributed by atoms with E-state index in [0.717, 1.165) is 9.87 Å². The number of sulfonamides is 1. The molecule has 164 valence electrons. The Morgan fingerprint density at radius 2 is 1.81 bits per heavy atom. The van der Waals surface area contributed by atoms with E-state index < -0.39 is 22.5 Å². The topological polar surface area (TPSA) is 84.3 Å². The molecule has 0 radical (unpaired) electrons. The second kappa shape index (κ2) is 10.2. The van der Waals surface area contributed by atoms with Gasteiger partial charge in [0.25, 0.3) is 10.0 Å². The standard InChI is InChI=1S/C21H22Cl2N4O3S/c1-16-3-5-20(6-4-16)31(29,30)27(19-12-17(22)11-18(23)13-19)14-21(28)25-7-2-9-26-10-8-24-15-26/h3-6,8,10-13,15H,2,7,9,14H2,1H3,(H,25,28). The van der Waals surface area contributed by atoms with Gasteiger partial charge in [-0.2, -0.15) is 0 Å². The SMILES string of the molecule is Cc1ccc(S(=O)(=O)N(CC(=O)NCCCn2ccnc2)c2cc(Cl)cc(Cl)c2)cc1. The fraction of sp³-hybridized carbons (Fsp3) is 0.238. The molecular formula is C21H22Cl2N4O3S. The van der Waals surface area contributed by atoms with Gasteiger partial charge in [0.1, 0.15) is 6.54 Å². The number of carbonyl (C=O) groups excluding carboxylic acids is 1. The highest BCUT2D eigenvalue weighted by atomic mass is 35.5. The molecule has 0 saturated carbocycles. The van der Waals surface area contributed by atoms with Crippen LogP contribution in [0.4, 0.5) is 5.69 Å². The number of benzene rings is 2. The number of amides is 1. The molecule has 0 aliphatic rings. The van der Waals surface area contributed by atoms with Crippen molar-refractivity contribution in [1.82, 2.24) is 14.9 Å². The van der Waals surface area contributed by atoms with Gasteiger partial charge in [-0.05, 0) is 43.7 Å². The average molecular weight is 481 g/mol. The van der Waals surface area contributed by atoms with E-state index in [1.165, 1.54) is 30.3 Å². The molecule has 0 aliphatic carbocycles. The minimum Gasteiger partial charge on any atom is -0.354 e. The zero-order chi connectivity index (χ0) is 22.4. The minimum absolute atomic E-state index is 0.0714. The van der Waals surface area contributed by atoms with Gasteiger partial charge in [-0.25, -0.2) is 13.4 Å². The molecule has 0 unspecified atom stereocenters. The molecule has 2 aromatic carbocycles. The summed E-state index contributed by atoms with van der Waals surface area (Å²) in [4.78, 5) is 16.6. The molecule has 1 heterocycles. The van der Waals surface area contributed by atoms with Crippen LogP contribution in [0.3, 0.4) is 0 Å². The molecule has 0 aliphatic heterocycles. The predicted octanol–water partition coefficient (Wildman–Crippen LogP) is 3.90. The summed E-state index contributed by atoms with van der Waals surface area (Å²) in [5, 5.41) is 3.30. The van der Waals surface area contributed by atoms with E-state index >= 15 is 0 Å². The second-order valence-electron chi connectivity index (χ2n) is 6.96. The summed E-state index contributed by atoms with van der Waals surface area (Å²) in [6.07, 6.45) is 5.89. The van der Waals surface area contributed by atoms with E-state index in [1.54, 1.807) is 24.7 Å². The molecule has 0 spiro atoms. The van der Waals surface area contributed by atoms with Crippen LogP contribution in [0.15, 0.2) is 66.1 Å². The highest BCUT2D eigenvalue weighted by Gasteiger charge is 2.27. The third kappa shape index (κ3) is 6.22. The van der Waals surface area contributed by atoms with Gasteiger partial charge in [0.15, 0.2) is 0 Å². The quantitative estimate of drug-likeness (QED) is 0.470.